The number of aromatic nitrogens is 2. The molecule has 1 unspecified atom stereocenters. The SMILES string of the molecule is CCCc1nnsc1C(O)c1cccc2c1OCCC2. The third-order valence-corrected chi connectivity index (χ3v) is 4.40. The maximum Gasteiger partial charge on any atom is 0.128 e. The van der Waals surface area contributed by atoms with Gasteiger partial charge >= 0.3 is 0 Å². The molecule has 1 aliphatic rings. The van der Waals surface area contributed by atoms with Crippen molar-refractivity contribution in [1.82, 2.24) is 9.59 Å². The first kappa shape index (κ1) is 13.5. The highest BCUT2D eigenvalue weighted by Crippen LogP contribution is 2.37. The minimum atomic E-state index is -0.690. The summed E-state index contributed by atoms with van der Waals surface area (Å²) >= 11 is 1.28. The number of aliphatic hydroxyl groups is 1. The largest absolute Gasteiger partial charge is 0.493 e. The summed E-state index contributed by atoms with van der Waals surface area (Å²) in [5, 5.41) is 14.8. The van der Waals surface area contributed by atoms with Crippen molar-refractivity contribution < 1.29 is 9.84 Å². The van der Waals surface area contributed by atoms with Crippen LogP contribution >= 0.6 is 11.5 Å². The lowest BCUT2D eigenvalue weighted by molar-refractivity contribution is 0.209. The Hall–Kier alpha value is -1.46. The molecular formula is C15H18N2O2S. The molecule has 0 saturated heterocycles. The third-order valence-electron chi connectivity index (χ3n) is 3.58. The third kappa shape index (κ3) is 2.43. The van der Waals surface area contributed by atoms with E-state index in [9.17, 15) is 5.11 Å². The number of nitrogens with zero attached hydrogens (tertiary/aromatic N) is 2. The minimum absolute atomic E-state index is 0.690. The Labute approximate surface area is 122 Å². The monoisotopic (exact) mass is 290 g/mol. The summed E-state index contributed by atoms with van der Waals surface area (Å²) in [6, 6.07) is 5.99. The summed E-state index contributed by atoms with van der Waals surface area (Å²) < 4.78 is 9.77. The van der Waals surface area contributed by atoms with Gasteiger partial charge in [0.05, 0.1) is 17.2 Å². The van der Waals surface area contributed by atoms with E-state index in [1.165, 1.54) is 17.1 Å². The van der Waals surface area contributed by atoms with E-state index in [0.717, 1.165) is 54.2 Å². The fraction of sp³-hybridized carbons (Fsp3) is 0.467. The summed E-state index contributed by atoms with van der Waals surface area (Å²) in [5.74, 6) is 0.849. The van der Waals surface area contributed by atoms with Crippen LogP contribution in [0, 0.1) is 0 Å². The van der Waals surface area contributed by atoms with Crippen molar-refractivity contribution in [3.63, 3.8) is 0 Å². The van der Waals surface area contributed by atoms with Gasteiger partial charge in [0, 0.05) is 5.56 Å². The van der Waals surface area contributed by atoms with Gasteiger partial charge in [-0.1, -0.05) is 36.0 Å². The Balaban J connectivity index is 1.98. The Morgan fingerprint density at radius 1 is 1.45 bits per heavy atom. The minimum Gasteiger partial charge on any atom is -0.493 e. The molecule has 2 heterocycles. The van der Waals surface area contributed by atoms with E-state index < -0.39 is 6.10 Å². The highest BCUT2D eigenvalue weighted by Gasteiger charge is 2.24. The van der Waals surface area contributed by atoms with E-state index in [1.807, 2.05) is 12.1 Å². The van der Waals surface area contributed by atoms with E-state index in [1.54, 1.807) is 0 Å². The van der Waals surface area contributed by atoms with Crippen molar-refractivity contribution >= 4 is 11.5 Å². The Morgan fingerprint density at radius 2 is 2.35 bits per heavy atom. The molecule has 4 nitrogen and oxygen atoms in total. The number of rotatable bonds is 4. The molecule has 20 heavy (non-hydrogen) atoms. The van der Waals surface area contributed by atoms with Crippen LogP contribution in [0.4, 0.5) is 0 Å². The topological polar surface area (TPSA) is 55.2 Å². The lowest BCUT2D eigenvalue weighted by Gasteiger charge is -2.22. The average Bonchev–Trinajstić information content (AvgIpc) is 2.94. The highest BCUT2D eigenvalue weighted by atomic mass is 32.1. The Morgan fingerprint density at radius 3 is 3.20 bits per heavy atom. The van der Waals surface area contributed by atoms with Crippen LogP contribution in [-0.2, 0) is 12.8 Å². The van der Waals surface area contributed by atoms with E-state index in [4.69, 9.17) is 4.74 Å². The summed E-state index contributed by atoms with van der Waals surface area (Å²) in [6.07, 6.45) is 3.20. The molecule has 106 valence electrons. The van der Waals surface area contributed by atoms with Crippen LogP contribution in [0.5, 0.6) is 5.75 Å². The molecule has 1 aliphatic heterocycles. The van der Waals surface area contributed by atoms with E-state index in [2.05, 4.69) is 22.6 Å². The van der Waals surface area contributed by atoms with E-state index in [0.29, 0.717) is 0 Å². The van der Waals surface area contributed by atoms with Gasteiger partial charge in [0.15, 0.2) is 0 Å². The maximum absolute atomic E-state index is 10.7. The molecule has 1 aromatic carbocycles. The zero-order valence-electron chi connectivity index (χ0n) is 11.5. The van der Waals surface area contributed by atoms with Gasteiger partial charge in [-0.15, -0.1) is 5.10 Å². The molecule has 0 amide bonds. The Bertz CT molecular complexity index is 597. The van der Waals surface area contributed by atoms with Crippen LogP contribution in [0.1, 0.15) is 47.6 Å². The first-order valence-electron chi connectivity index (χ1n) is 7.05. The average molecular weight is 290 g/mol. The van der Waals surface area contributed by atoms with Crippen LogP contribution in [0.2, 0.25) is 0 Å². The molecule has 1 N–H and O–H groups in total. The van der Waals surface area contributed by atoms with Crippen LogP contribution in [0.15, 0.2) is 18.2 Å². The van der Waals surface area contributed by atoms with Crippen LogP contribution in [0.25, 0.3) is 0 Å². The Kier molecular flexibility index (Phi) is 3.98. The van der Waals surface area contributed by atoms with Gasteiger partial charge in [0.1, 0.15) is 11.9 Å². The lowest BCUT2D eigenvalue weighted by atomic mass is 9.98. The molecule has 0 fully saturated rings. The predicted molar refractivity (Wildman–Crippen MR) is 78.2 cm³/mol. The lowest BCUT2D eigenvalue weighted by Crippen LogP contribution is -2.12. The zero-order valence-corrected chi connectivity index (χ0v) is 12.3. The number of ether oxygens (including phenoxy) is 1. The van der Waals surface area contributed by atoms with Gasteiger partial charge in [-0.25, -0.2) is 0 Å². The molecule has 0 saturated carbocycles. The van der Waals surface area contributed by atoms with E-state index in [-0.39, 0.29) is 0 Å². The van der Waals surface area contributed by atoms with E-state index >= 15 is 0 Å². The molecule has 1 atom stereocenters. The van der Waals surface area contributed by atoms with Crippen LogP contribution in [0.3, 0.4) is 0 Å². The van der Waals surface area contributed by atoms with Crippen LogP contribution < -0.4 is 4.74 Å². The van der Waals surface area contributed by atoms with Gasteiger partial charge in [0.25, 0.3) is 0 Å². The second kappa shape index (κ2) is 5.89. The second-order valence-corrected chi connectivity index (χ2v) is 5.81. The normalized spacial score (nSPS) is 15.5. The van der Waals surface area contributed by atoms with Crippen molar-refractivity contribution in [2.75, 3.05) is 6.61 Å². The van der Waals surface area contributed by atoms with Gasteiger partial charge in [0.2, 0.25) is 0 Å². The standard InChI is InChI=1S/C15H18N2O2S/c1-2-5-12-15(20-17-16-12)13(18)11-8-3-6-10-7-4-9-19-14(10)11/h3,6,8,13,18H,2,4-5,7,9H2,1H3. The van der Waals surface area contributed by atoms with Crippen molar-refractivity contribution in [2.45, 2.75) is 38.7 Å². The summed E-state index contributed by atoms with van der Waals surface area (Å²) in [7, 11) is 0. The summed E-state index contributed by atoms with van der Waals surface area (Å²) in [5.41, 5.74) is 2.92. The molecular weight excluding hydrogens is 272 g/mol. The van der Waals surface area contributed by atoms with Crippen molar-refractivity contribution in [3.05, 3.63) is 39.9 Å². The molecule has 0 aliphatic carbocycles. The second-order valence-electron chi connectivity index (χ2n) is 5.02. The van der Waals surface area contributed by atoms with Crippen LogP contribution in [-0.4, -0.2) is 21.3 Å². The van der Waals surface area contributed by atoms with Crippen molar-refractivity contribution in [3.8, 4) is 5.75 Å². The quantitative estimate of drug-likeness (QED) is 0.940. The molecule has 2 aromatic rings. The summed E-state index contributed by atoms with van der Waals surface area (Å²) in [4.78, 5) is 0.842. The number of hydrogen-bond donors (Lipinski definition) is 1. The number of fused-ring (bicyclic) bond motifs is 1. The van der Waals surface area contributed by atoms with Crippen molar-refractivity contribution in [1.29, 1.82) is 0 Å². The molecule has 1 aromatic heterocycles. The number of benzene rings is 1. The first-order valence-corrected chi connectivity index (χ1v) is 7.82. The fourth-order valence-electron chi connectivity index (χ4n) is 2.60. The van der Waals surface area contributed by atoms with Gasteiger partial charge in [-0.05, 0) is 36.4 Å². The van der Waals surface area contributed by atoms with Gasteiger partial charge < -0.3 is 9.84 Å². The van der Waals surface area contributed by atoms with Gasteiger partial charge in [-0.2, -0.15) is 0 Å². The van der Waals surface area contributed by atoms with Gasteiger partial charge in [-0.3, -0.25) is 0 Å². The molecule has 5 heteroatoms. The zero-order chi connectivity index (χ0) is 13.9. The fourth-order valence-corrected chi connectivity index (χ4v) is 3.31. The summed E-state index contributed by atoms with van der Waals surface area (Å²) in [6.45, 7) is 2.82. The number of aryl methyl sites for hydroxylation is 2. The highest BCUT2D eigenvalue weighted by molar-refractivity contribution is 7.05. The molecule has 3 rings (SSSR count). The molecule has 0 radical (unpaired) electrons. The maximum atomic E-state index is 10.7. The molecule has 0 bridgehead atoms. The van der Waals surface area contributed by atoms with Crippen molar-refractivity contribution in [2.24, 2.45) is 0 Å². The number of aliphatic hydroxyl groups excluding tert-OH is 1. The first-order chi connectivity index (χ1) is 9.81. The number of hydrogen-bond acceptors (Lipinski definition) is 5. The smallest absolute Gasteiger partial charge is 0.128 e. The number of para-hydroxylation sites is 1. The predicted octanol–water partition coefficient (Wildman–Crippen LogP) is 2.90. The molecule has 0 spiro atoms.